The second-order valence-corrected chi connectivity index (χ2v) is 9.81. The van der Waals surface area contributed by atoms with Crippen LogP contribution in [0.1, 0.15) is 162 Å². The van der Waals surface area contributed by atoms with E-state index >= 15 is 0 Å². The lowest BCUT2D eigenvalue weighted by atomic mass is 9.91. The lowest BCUT2D eigenvalue weighted by Gasteiger charge is -2.19. The van der Waals surface area contributed by atoms with E-state index in [1.165, 1.54) is 109 Å². The van der Waals surface area contributed by atoms with Gasteiger partial charge in [-0.1, -0.05) is 149 Å². The molecule has 0 aromatic carbocycles. The summed E-state index contributed by atoms with van der Waals surface area (Å²) >= 11 is 0. The van der Waals surface area contributed by atoms with Crippen LogP contribution in [-0.4, -0.2) is 22.3 Å². The molecule has 2 N–H and O–H groups in total. The Hall–Kier alpha value is -0.570. The highest BCUT2D eigenvalue weighted by Gasteiger charge is 2.25. The van der Waals surface area contributed by atoms with Gasteiger partial charge in [0.15, 0.2) is 0 Å². The van der Waals surface area contributed by atoms with Gasteiger partial charge in [-0.3, -0.25) is 4.79 Å². The predicted molar refractivity (Wildman–Crippen MR) is 135 cm³/mol. The molecular formula is C28H56O3. The molecule has 2 atom stereocenters. The molecule has 0 bridgehead atoms. The van der Waals surface area contributed by atoms with Gasteiger partial charge in [0, 0.05) is 0 Å². The molecule has 0 aromatic rings. The van der Waals surface area contributed by atoms with Crippen LogP contribution in [0, 0.1) is 5.92 Å². The quantitative estimate of drug-likeness (QED) is 0.139. The van der Waals surface area contributed by atoms with Crippen LogP contribution in [0.2, 0.25) is 0 Å². The molecule has 0 aliphatic rings. The van der Waals surface area contributed by atoms with Gasteiger partial charge in [-0.2, -0.15) is 0 Å². The van der Waals surface area contributed by atoms with Gasteiger partial charge in [0.2, 0.25) is 0 Å². The summed E-state index contributed by atoms with van der Waals surface area (Å²) < 4.78 is 0. The number of hydrogen-bond donors (Lipinski definition) is 2. The van der Waals surface area contributed by atoms with E-state index in [1.807, 2.05) is 0 Å². The fraction of sp³-hybridized carbons (Fsp3) is 0.964. The van der Waals surface area contributed by atoms with Crippen molar-refractivity contribution in [2.45, 2.75) is 168 Å². The standard InChI is InChI=1S/C28H56O3/c1-3-5-7-9-11-12-13-14-15-16-17-18-19-21-23-25-27(29)26(28(30)31)24-22-20-10-8-6-4-2/h26-27,29H,3-25H2,1-2H3,(H,30,31). The number of hydrogen-bond acceptors (Lipinski definition) is 2. The van der Waals surface area contributed by atoms with Gasteiger partial charge in [0.05, 0.1) is 12.0 Å². The van der Waals surface area contributed by atoms with Crippen molar-refractivity contribution >= 4 is 5.97 Å². The highest BCUT2D eigenvalue weighted by molar-refractivity contribution is 5.70. The first-order valence-electron chi connectivity index (χ1n) is 14.0. The molecule has 186 valence electrons. The zero-order valence-electron chi connectivity index (χ0n) is 21.2. The van der Waals surface area contributed by atoms with Crippen molar-refractivity contribution in [3.8, 4) is 0 Å². The Labute approximate surface area is 194 Å². The molecule has 0 rings (SSSR count). The number of rotatable bonds is 25. The monoisotopic (exact) mass is 440 g/mol. The van der Waals surface area contributed by atoms with Crippen molar-refractivity contribution in [2.75, 3.05) is 0 Å². The average molecular weight is 441 g/mol. The number of aliphatic hydroxyl groups is 1. The Morgan fingerprint density at radius 1 is 0.516 bits per heavy atom. The third-order valence-corrected chi connectivity index (χ3v) is 6.75. The van der Waals surface area contributed by atoms with E-state index in [1.54, 1.807) is 0 Å². The molecule has 3 heteroatoms. The smallest absolute Gasteiger partial charge is 0.309 e. The fourth-order valence-electron chi connectivity index (χ4n) is 4.55. The molecule has 0 aliphatic carbocycles. The van der Waals surface area contributed by atoms with Crippen LogP contribution in [0.3, 0.4) is 0 Å². The van der Waals surface area contributed by atoms with E-state index in [0.29, 0.717) is 12.8 Å². The summed E-state index contributed by atoms with van der Waals surface area (Å²) in [5.74, 6) is -1.39. The highest BCUT2D eigenvalue weighted by Crippen LogP contribution is 2.20. The summed E-state index contributed by atoms with van der Waals surface area (Å²) in [4.78, 5) is 11.5. The molecule has 0 radical (unpaired) electrons. The van der Waals surface area contributed by atoms with Crippen molar-refractivity contribution in [3.05, 3.63) is 0 Å². The highest BCUT2D eigenvalue weighted by atomic mass is 16.4. The zero-order valence-corrected chi connectivity index (χ0v) is 21.2. The van der Waals surface area contributed by atoms with Crippen molar-refractivity contribution in [1.82, 2.24) is 0 Å². The number of unbranched alkanes of at least 4 members (excludes halogenated alkanes) is 19. The summed E-state index contributed by atoms with van der Waals surface area (Å²) in [6.45, 7) is 4.48. The zero-order chi connectivity index (χ0) is 23.0. The minimum atomic E-state index is -0.818. The molecule has 0 saturated carbocycles. The molecular weight excluding hydrogens is 384 g/mol. The lowest BCUT2D eigenvalue weighted by molar-refractivity contribution is -0.146. The number of carboxylic acid groups (broad SMARTS) is 1. The Morgan fingerprint density at radius 3 is 1.13 bits per heavy atom. The Kier molecular flexibility index (Phi) is 23.6. The van der Waals surface area contributed by atoms with Gasteiger partial charge >= 0.3 is 5.97 Å². The van der Waals surface area contributed by atoms with E-state index < -0.39 is 18.0 Å². The van der Waals surface area contributed by atoms with Gasteiger partial charge in [-0.15, -0.1) is 0 Å². The van der Waals surface area contributed by atoms with E-state index in [-0.39, 0.29) is 0 Å². The topological polar surface area (TPSA) is 57.5 Å². The van der Waals surface area contributed by atoms with Crippen molar-refractivity contribution < 1.29 is 15.0 Å². The molecule has 0 heterocycles. The predicted octanol–water partition coefficient (Wildman–Crippen LogP) is 9.06. The third kappa shape index (κ3) is 21.1. The molecule has 0 fully saturated rings. The second kappa shape index (κ2) is 24.1. The van der Waals surface area contributed by atoms with Crippen molar-refractivity contribution in [3.63, 3.8) is 0 Å². The van der Waals surface area contributed by atoms with Crippen LogP contribution in [0.25, 0.3) is 0 Å². The molecule has 2 unspecified atom stereocenters. The first-order valence-corrected chi connectivity index (χ1v) is 14.0. The molecule has 0 spiro atoms. The average Bonchev–Trinajstić information content (AvgIpc) is 2.75. The summed E-state index contributed by atoms with van der Waals surface area (Å²) in [7, 11) is 0. The first kappa shape index (κ1) is 30.4. The van der Waals surface area contributed by atoms with E-state index in [2.05, 4.69) is 13.8 Å². The SMILES string of the molecule is CCCCCCCCCCCCCCCCCC(O)C(CCCCCCCC)C(=O)O. The number of aliphatic hydroxyl groups excluding tert-OH is 1. The van der Waals surface area contributed by atoms with Gasteiger partial charge < -0.3 is 10.2 Å². The van der Waals surface area contributed by atoms with E-state index in [4.69, 9.17) is 0 Å². The Balaban J connectivity index is 3.51. The Morgan fingerprint density at radius 2 is 0.806 bits per heavy atom. The lowest BCUT2D eigenvalue weighted by Crippen LogP contribution is -2.28. The summed E-state index contributed by atoms with van der Waals surface area (Å²) in [5.41, 5.74) is 0. The summed E-state index contributed by atoms with van der Waals surface area (Å²) in [6.07, 6.45) is 27.4. The van der Waals surface area contributed by atoms with Crippen LogP contribution >= 0.6 is 0 Å². The maximum absolute atomic E-state index is 11.5. The Bertz CT molecular complexity index is 369. The molecule has 0 aliphatic heterocycles. The van der Waals surface area contributed by atoms with Gasteiger partial charge in [0.1, 0.15) is 0 Å². The van der Waals surface area contributed by atoms with Crippen LogP contribution in [0.5, 0.6) is 0 Å². The molecule has 0 saturated heterocycles. The van der Waals surface area contributed by atoms with Gasteiger partial charge in [-0.05, 0) is 12.8 Å². The van der Waals surface area contributed by atoms with Gasteiger partial charge in [0.25, 0.3) is 0 Å². The van der Waals surface area contributed by atoms with Crippen LogP contribution in [0.4, 0.5) is 0 Å². The van der Waals surface area contributed by atoms with Crippen LogP contribution in [0.15, 0.2) is 0 Å². The molecule has 0 aromatic heterocycles. The minimum Gasteiger partial charge on any atom is -0.481 e. The second-order valence-electron chi connectivity index (χ2n) is 9.81. The van der Waals surface area contributed by atoms with Crippen molar-refractivity contribution in [2.24, 2.45) is 5.92 Å². The van der Waals surface area contributed by atoms with Crippen molar-refractivity contribution in [1.29, 1.82) is 0 Å². The van der Waals surface area contributed by atoms with Crippen LogP contribution in [-0.2, 0) is 4.79 Å². The van der Waals surface area contributed by atoms with Crippen LogP contribution < -0.4 is 0 Å². The maximum Gasteiger partial charge on any atom is 0.309 e. The molecule has 3 nitrogen and oxygen atoms in total. The summed E-state index contributed by atoms with van der Waals surface area (Å²) in [5, 5.41) is 19.8. The number of aliphatic carboxylic acids is 1. The number of carboxylic acids is 1. The molecule has 0 amide bonds. The largest absolute Gasteiger partial charge is 0.481 e. The molecule has 31 heavy (non-hydrogen) atoms. The van der Waals surface area contributed by atoms with E-state index in [9.17, 15) is 15.0 Å². The van der Waals surface area contributed by atoms with Gasteiger partial charge in [-0.25, -0.2) is 0 Å². The fourth-order valence-corrected chi connectivity index (χ4v) is 4.55. The minimum absolute atomic E-state index is 0.571. The maximum atomic E-state index is 11.5. The third-order valence-electron chi connectivity index (χ3n) is 6.75. The first-order chi connectivity index (χ1) is 15.1. The normalized spacial score (nSPS) is 13.4. The summed E-state index contributed by atoms with van der Waals surface area (Å²) in [6, 6.07) is 0. The van der Waals surface area contributed by atoms with E-state index in [0.717, 1.165) is 25.7 Å². The number of carbonyl (C=O) groups is 1.